The van der Waals surface area contributed by atoms with Gasteiger partial charge in [-0.1, -0.05) is 30.3 Å². The topological polar surface area (TPSA) is 54.9 Å². The molecule has 0 radical (unpaired) electrons. The molecule has 0 spiro atoms. The first-order chi connectivity index (χ1) is 18.0. The summed E-state index contributed by atoms with van der Waals surface area (Å²) in [4.78, 5) is 21.7. The molecule has 0 N–H and O–H groups in total. The number of nitrogens with zero attached hydrogens (tertiary/aromatic N) is 3. The van der Waals surface area contributed by atoms with Crippen LogP contribution in [0.3, 0.4) is 0 Å². The third-order valence-corrected chi connectivity index (χ3v) is 6.90. The molecule has 1 aliphatic rings. The molecule has 37 heavy (non-hydrogen) atoms. The van der Waals surface area contributed by atoms with Gasteiger partial charge >= 0.3 is 5.97 Å². The largest absolute Gasteiger partial charge is 0.457 e. The minimum absolute atomic E-state index is 0.404. The number of benzene rings is 3. The molecule has 0 aliphatic carbocycles. The van der Waals surface area contributed by atoms with Crippen molar-refractivity contribution in [3.63, 3.8) is 0 Å². The van der Waals surface area contributed by atoms with E-state index in [2.05, 4.69) is 29.8 Å². The lowest BCUT2D eigenvalue weighted by Gasteiger charge is -2.33. The van der Waals surface area contributed by atoms with E-state index < -0.39 is 11.6 Å². The summed E-state index contributed by atoms with van der Waals surface area (Å²) in [5.41, 5.74) is 3.70. The Labute approximate surface area is 218 Å². The molecule has 2 heterocycles. The Morgan fingerprint density at radius 2 is 1.57 bits per heavy atom. The van der Waals surface area contributed by atoms with Crippen LogP contribution in [0.5, 0.6) is 11.5 Å². The highest BCUT2D eigenvalue weighted by Gasteiger charge is 2.50. The Morgan fingerprint density at radius 1 is 0.865 bits per heavy atom. The zero-order valence-corrected chi connectivity index (χ0v) is 21.6. The summed E-state index contributed by atoms with van der Waals surface area (Å²) in [5.74, 6) is 0.931. The van der Waals surface area contributed by atoms with E-state index in [9.17, 15) is 4.79 Å². The maximum atomic E-state index is 13.2. The van der Waals surface area contributed by atoms with E-state index in [-0.39, 0.29) is 0 Å². The smallest absolute Gasteiger partial charge is 0.341 e. The van der Waals surface area contributed by atoms with Crippen molar-refractivity contribution in [2.75, 3.05) is 37.0 Å². The lowest BCUT2D eigenvalue weighted by atomic mass is 9.79. The first kappa shape index (κ1) is 24.4. The number of cyclic esters (lactones) is 1. The molecule has 0 saturated carbocycles. The van der Waals surface area contributed by atoms with Crippen molar-refractivity contribution in [1.29, 1.82) is 0 Å². The van der Waals surface area contributed by atoms with Gasteiger partial charge in [-0.05, 0) is 56.3 Å². The van der Waals surface area contributed by atoms with Gasteiger partial charge in [-0.2, -0.15) is 0 Å². The summed E-state index contributed by atoms with van der Waals surface area (Å²) < 4.78 is 12.9. The number of hydrogen-bond donors (Lipinski definition) is 0. The molecule has 1 aromatic heterocycles. The maximum Gasteiger partial charge on any atom is 0.341 e. The van der Waals surface area contributed by atoms with Crippen molar-refractivity contribution in [1.82, 2.24) is 4.98 Å². The number of anilines is 2. The van der Waals surface area contributed by atoms with E-state index in [0.717, 1.165) is 41.2 Å². The highest BCUT2D eigenvalue weighted by molar-refractivity contribution is 5.96. The van der Waals surface area contributed by atoms with Crippen molar-refractivity contribution in [3.8, 4) is 11.5 Å². The second kappa shape index (κ2) is 9.97. The Bertz CT molecular complexity index is 1400. The Hall–Kier alpha value is -4.32. The quantitative estimate of drug-likeness (QED) is 0.271. The molecule has 1 aliphatic heterocycles. The fraction of sp³-hybridized carbons (Fsp3) is 0.226. The number of fused-ring (bicyclic) bond motifs is 1. The minimum Gasteiger partial charge on any atom is -0.457 e. The van der Waals surface area contributed by atoms with E-state index in [4.69, 9.17) is 9.47 Å². The van der Waals surface area contributed by atoms with Gasteiger partial charge in [-0.3, -0.25) is 4.98 Å². The number of aromatic nitrogens is 1. The van der Waals surface area contributed by atoms with Gasteiger partial charge in [0.1, 0.15) is 11.5 Å². The summed E-state index contributed by atoms with van der Waals surface area (Å²) in [7, 11) is 4.00. The van der Waals surface area contributed by atoms with Gasteiger partial charge in [0.25, 0.3) is 0 Å². The van der Waals surface area contributed by atoms with Crippen molar-refractivity contribution >= 4 is 17.3 Å². The third-order valence-electron chi connectivity index (χ3n) is 6.90. The fourth-order valence-electron chi connectivity index (χ4n) is 4.96. The van der Waals surface area contributed by atoms with Crippen molar-refractivity contribution < 1.29 is 14.3 Å². The standard InChI is InChI=1S/C31H31N3O3/c1-5-34(6-2)24-16-17-28(29(20-24)36-25-10-8-7-9-11-25)31(22-12-14-23(15-13-22)33(3)4)27-18-19-32-21-26(27)30(35)37-31/h7-21H,5-6H2,1-4H3. The molecule has 0 fully saturated rings. The number of pyridine rings is 1. The molecule has 6 heteroatoms. The second-order valence-corrected chi connectivity index (χ2v) is 9.20. The van der Waals surface area contributed by atoms with Gasteiger partial charge in [0, 0.05) is 73.7 Å². The molecule has 6 nitrogen and oxygen atoms in total. The van der Waals surface area contributed by atoms with Gasteiger partial charge in [-0.15, -0.1) is 0 Å². The van der Waals surface area contributed by atoms with Crippen LogP contribution in [-0.2, 0) is 10.3 Å². The van der Waals surface area contributed by atoms with E-state index in [1.54, 1.807) is 12.4 Å². The first-order valence-electron chi connectivity index (χ1n) is 12.6. The number of ether oxygens (including phenoxy) is 2. The number of hydrogen-bond acceptors (Lipinski definition) is 6. The number of esters is 1. The molecule has 188 valence electrons. The predicted molar refractivity (Wildman–Crippen MR) is 147 cm³/mol. The van der Waals surface area contributed by atoms with Crippen LogP contribution in [0, 0.1) is 0 Å². The molecule has 3 aromatic carbocycles. The molecule has 1 unspecified atom stereocenters. The van der Waals surface area contributed by atoms with Crippen LogP contribution < -0.4 is 14.5 Å². The van der Waals surface area contributed by atoms with Gasteiger partial charge in [0.05, 0.1) is 5.56 Å². The molecular weight excluding hydrogens is 462 g/mol. The molecule has 5 rings (SSSR count). The maximum absolute atomic E-state index is 13.2. The average molecular weight is 494 g/mol. The van der Waals surface area contributed by atoms with Gasteiger partial charge < -0.3 is 19.3 Å². The highest BCUT2D eigenvalue weighted by atomic mass is 16.6. The number of carbonyl (C=O) groups is 1. The minimum atomic E-state index is -1.19. The molecule has 0 saturated heterocycles. The van der Waals surface area contributed by atoms with Crippen molar-refractivity contribution in [2.45, 2.75) is 19.4 Å². The van der Waals surface area contributed by atoms with Crippen LogP contribution in [0.25, 0.3) is 0 Å². The summed E-state index contributed by atoms with van der Waals surface area (Å²) >= 11 is 0. The van der Waals surface area contributed by atoms with Gasteiger partial charge in [-0.25, -0.2) is 4.79 Å². The van der Waals surface area contributed by atoms with Gasteiger partial charge in [0.15, 0.2) is 5.60 Å². The third kappa shape index (κ3) is 4.29. The monoisotopic (exact) mass is 493 g/mol. The second-order valence-electron chi connectivity index (χ2n) is 9.20. The number of para-hydroxylation sites is 1. The Kier molecular flexibility index (Phi) is 6.57. The van der Waals surface area contributed by atoms with Crippen molar-refractivity contribution in [3.05, 3.63) is 114 Å². The van der Waals surface area contributed by atoms with Crippen LogP contribution in [0.4, 0.5) is 11.4 Å². The number of rotatable bonds is 8. The highest BCUT2D eigenvalue weighted by Crippen LogP contribution is 2.51. The first-order valence-corrected chi connectivity index (χ1v) is 12.6. The van der Waals surface area contributed by atoms with E-state index in [1.165, 1.54) is 0 Å². The SMILES string of the molecule is CCN(CC)c1ccc(C2(c3ccc(N(C)C)cc3)OC(=O)c3cnccc32)c(Oc2ccccc2)c1. The fourth-order valence-corrected chi connectivity index (χ4v) is 4.96. The Balaban J connectivity index is 1.77. The molecule has 4 aromatic rings. The van der Waals surface area contributed by atoms with Crippen LogP contribution in [0.1, 0.15) is 40.9 Å². The predicted octanol–water partition coefficient (Wildman–Crippen LogP) is 6.25. The zero-order chi connectivity index (χ0) is 26.0. The number of carbonyl (C=O) groups excluding carboxylic acids is 1. The summed E-state index contributed by atoms with van der Waals surface area (Å²) in [6.45, 7) is 5.98. The van der Waals surface area contributed by atoms with Crippen LogP contribution >= 0.6 is 0 Å². The van der Waals surface area contributed by atoms with Crippen LogP contribution in [-0.4, -0.2) is 38.1 Å². The normalized spacial score (nSPS) is 16.2. The Morgan fingerprint density at radius 3 is 2.24 bits per heavy atom. The molecule has 1 atom stereocenters. The molecule has 0 amide bonds. The van der Waals surface area contributed by atoms with Crippen molar-refractivity contribution in [2.24, 2.45) is 0 Å². The summed E-state index contributed by atoms with van der Waals surface area (Å²) in [6, 6.07) is 25.8. The molecule has 0 bridgehead atoms. The van der Waals surface area contributed by atoms with E-state index >= 15 is 0 Å². The summed E-state index contributed by atoms with van der Waals surface area (Å²) in [6.07, 6.45) is 3.28. The van der Waals surface area contributed by atoms with Gasteiger partial charge in [0.2, 0.25) is 0 Å². The average Bonchev–Trinajstić information content (AvgIpc) is 3.23. The molecular formula is C31H31N3O3. The lowest BCUT2D eigenvalue weighted by Crippen LogP contribution is -2.30. The van der Waals surface area contributed by atoms with Crippen LogP contribution in [0.2, 0.25) is 0 Å². The lowest BCUT2D eigenvalue weighted by molar-refractivity contribution is 0.0246. The van der Waals surface area contributed by atoms with E-state index in [1.807, 2.05) is 91.8 Å². The zero-order valence-electron chi connectivity index (χ0n) is 21.6. The van der Waals surface area contributed by atoms with Crippen LogP contribution in [0.15, 0.2) is 91.3 Å². The summed E-state index contributed by atoms with van der Waals surface area (Å²) in [5, 5.41) is 0. The van der Waals surface area contributed by atoms with E-state index in [0.29, 0.717) is 17.1 Å².